The summed E-state index contributed by atoms with van der Waals surface area (Å²) in [4.78, 5) is 23.2. The van der Waals surface area contributed by atoms with E-state index in [0.717, 1.165) is 0 Å². The van der Waals surface area contributed by atoms with Crippen molar-refractivity contribution >= 4 is 11.9 Å². The maximum Gasteiger partial charge on any atom is 0.393 e. The van der Waals surface area contributed by atoms with E-state index in [-0.39, 0.29) is 6.42 Å². The molecule has 2 saturated carbocycles. The first kappa shape index (κ1) is 16.1. The third kappa shape index (κ3) is 3.01. The first-order valence-electron chi connectivity index (χ1n) is 7.16. The molecule has 2 fully saturated rings. The van der Waals surface area contributed by atoms with Crippen LogP contribution in [0.1, 0.15) is 39.5 Å². The predicted molar refractivity (Wildman–Crippen MR) is 68.3 cm³/mol. The quantitative estimate of drug-likeness (QED) is 0.842. The number of alkyl halides is 3. The van der Waals surface area contributed by atoms with Gasteiger partial charge in [-0.25, -0.2) is 0 Å². The molecule has 2 aliphatic carbocycles. The molecule has 0 spiro atoms. The van der Waals surface area contributed by atoms with Crippen molar-refractivity contribution in [2.24, 2.45) is 23.2 Å². The SMILES string of the molecule is CC1(C)C(C(=O)O)C1C(=O)NC1CCCCC1C(F)(F)F. The van der Waals surface area contributed by atoms with Gasteiger partial charge in [-0.3, -0.25) is 9.59 Å². The van der Waals surface area contributed by atoms with Crippen LogP contribution < -0.4 is 5.32 Å². The number of hydrogen-bond acceptors (Lipinski definition) is 2. The molecule has 120 valence electrons. The molecular weight excluding hydrogens is 287 g/mol. The molecule has 4 nitrogen and oxygen atoms in total. The fraction of sp³-hybridized carbons (Fsp3) is 0.857. The smallest absolute Gasteiger partial charge is 0.393 e. The lowest BCUT2D eigenvalue weighted by Crippen LogP contribution is -2.48. The van der Waals surface area contributed by atoms with Crippen LogP contribution in [0.3, 0.4) is 0 Å². The van der Waals surface area contributed by atoms with Gasteiger partial charge < -0.3 is 10.4 Å². The number of carbonyl (C=O) groups excluding carboxylic acids is 1. The Morgan fingerprint density at radius 1 is 1.14 bits per heavy atom. The number of halogens is 3. The zero-order valence-corrected chi connectivity index (χ0v) is 12.0. The number of hydrogen-bond donors (Lipinski definition) is 2. The van der Waals surface area contributed by atoms with Crippen LogP contribution in [0.4, 0.5) is 13.2 Å². The zero-order chi connectivity index (χ0) is 16.0. The summed E-state index contributed by atoms with van der Waals surface area (Å²) in [5.74, 6) is -4.72. The number of carboxylic acids is 1. The third-order valence-electron chi connectivity index (χ3n) is 4.89. The summed E-state index contributed by atoms with van der Waals surface area (Å²) in [5.41, 5.74) is -0.696. The van der Waals surface area contributed by atoms with Gasteiger partial charge in [0.25, 0.3) is 0 Å². The molecule has 0 aromatic carbocycles. The van der Waals surface area contributed by atoms with Gasteiger partial charge in [0, 0.05) is 6.04 Å². The molecule has 21 heavy (non-hydrogen) atoms. The van der Waals surface area contributed by atoms with Crippen molar-refractivity contribution in [3.63, 3.8) is 0 Å². The second-order valence-corrected chi connectivity index (χ2v) is 6.66. The first-order chi connectivity index (χ1) is 9.56. The van der Waals surface area contributed by atoms with Crippen LogP contribution in [0.5, 0.6) is 0 Å². The molecule has 0 bridgehead atoms. The normalized spacial score (nSPS) is 35.1. The Morgan fingerprint density at radius 3 is 2.19 bits per heavy atom. The Morgan fingerprint density at radius 2 is 1.71 bits per heavy atom. The van der Waals surface area contributed by atoms with Gasteiger partial charge in [0.2, 0.25) is 5.91 Å². The van der Waals surface area contributed by atoms with Crippen molar-refractivity contribution in [2.45, 2.75) is 51.7 Å². The van der Waals surface area contributed by atoms with Crippen molar-refractivity contribution < 1.29 is 27.9 Å². The van der Waals surface area contributed by atoms with Crippen molar-refractivity contribution in [3.8, 4) is 0 Å². The van der Waals surface area contributed by atoms with E-state index in [2.05, 4.69) is 5.32 Å². The van der Waals surface area contributed by atoms with E-state index in [0.29, 0.717) is 19.3 Å². The number of carboxylic acid groups (broad SMARTS) is 1. The van der Waals surface area contributed by atoms with E-state index in [1.54, 1.807) is 13.8 Å². The summed E-state index contributed by atoms with van der Waals surface area (Å²) in [6.45, 7) is 3.30. The van der Waals surface area contributed by atoms with Gasteiger partial charge in [-0.2, -0.15) is 13.2 Å². The maximum atomic E-state index is 13.0. The third-order valence-corrected chi connectivity index (χ3v) is 4.89. The molecule has 0 aliphatic heterocycles. The summed E-state index contributed by atoms with van der Waals surface area (Å²) in [5, 5.41) is 11.5. The van der Waals surface area contributed by atoms with E-state index in [9.17, 15) is 22.8 Å². The summed E-state index contributed by atoms with van der Waals surface area (Å²) in [6, 6.07) is -0.933. The predicted octanol–water partition coefficient (Wildman–Crippen LogP) is 2.58. The molecule has 0 aromatic rings. The molecule has 4 atom stereocenters. The molecule has 4 unspecified atom stereocenters. The van der Waals surface area contributed by atoms with Crippen LogP contribution >= 0.6 is 0 Å². The minimum Gasteiger partial charge on any atom is -0.481 e. The molecule has 2 N–H and O–H groups in total. The van der Waals surface area contributed by atoms with Gasteiger partial charge in [0.15, 0.2) is 0 Å². The van der Waals surface area contributed by atoms with E-state index in [1.165, 1.54) is 0 Å². The van der Waals surface area contributed by atoms with Crippen LogP contribution in [-0.4, -0.2) is 29.2 Å². The number of aliphatic carboxylic acids is 1. The van der Waals surface area contributed by atoms with Gasteiger partial charge in [-0.05, 0) is 18.3 Å². The van der Waals surface area contributed by atoms with Crippen molar-refractivity contribution in [1.82, 2.24) is 5.32 Å². The zero-order valence-electron chi connectivity index (χ0n) is 12.0. The van der Waals surface area contributed by atoms with Crippen LogP contribution in [0.15, 0.2) is 0 Å². The van der Waals surface area contributed by atoms with Gasteiger partial charge >= 0.3 is 12.1 Å². The molecule has 0 aromatic heterocycles. The van der Waals surface area contributed by atoms with Crippen molar-refractivity contribution in [2.75, 3.05) is 0 Å². The van der Waals surface area contributed by atoms with E-state index in [1.807, 2.05) is 0 Å². The second kappa shape index (κ2) is 5.18. The van der Waals surface area contributed by atoms with Crippen LogP contribution in [0, 0.1) is 23.2 Å². The molecule has 0 heterocycles. The number of rotatable bonds is 3. The average Bonchev–Trinajstić information content (AvgIpc) is 2.92. The van der Waals surface area contributed by atoms with Crippen LogP contribution in [-0.2, 0) is 9.59 Å². The lowest BCUT2D eigenvalue weighted by atomic mass is 9.84. The van der Waals surface area contributed by atoms with Gasteiger partial charge in [0.1, 0.15) is 0 Å². The van der Waals surface area contributed by atoms with Gasteiger partial charge in [0.05, 0.1) is 17.8 Å². The van der Waals surface area contributed by atoms with Crippen molar-refractivity contribution in [3.05, 3.63) is 0 Å². The standard InChI is InChI=1S/C14H20F3NO3/c1-13(2)9(10(13)12(20)21)11(19)18-8-6-4-3-5-7(8)14(15,16)17/h7-10H,3-6H2,1-2H3,(H,18,19)(H,20,21). The number of amides is 1. The lowest BCUT2D eigenvalue weighted by Gasteiger charge is -2.33. The second-order valence-electron chi connectivity index (χ2n) is 6.66. The molecular formula is C14H20F3NO3. The highest BCUT2D eigenvalue weighted by Gasteiger charge is 2.66. The lowest BCUT2D eigenvalue weighted by molar-refractivity contribution is -0.189. The Hall–Kier alpha value is -1.27. The first-order valence-corrected chi connectivity index (χ1v) is 7.16. The fourth-order valence-electron chi connectivity index (χ4n) is 3.56. The Balaban J connectivity index is 2.04. The molecule has 0 saturated heterocycles. The van der Waals surface area contributed by atoms with Crippen molar-refractivity contribution in [1.29, 1.82) is 0 Å². The van der Waals surface area contributed by atoms with E-state index < -0.39 is 47.3 Å². The average molecular weight is 307 g/mol. The molecule has 0 radical (unpaired) electrons. The van der Waals surface area contributed by atoms with Gasteiger partial charge in [-0.1, -0.05) is 26.7 Å². The minimum atomic E-state index is -4.33. The fourth-order valence-corrected chi connectivity index (χ4v) is 3.56. The Kier molecular flexibility index (Phi) is 3.97. The highest BCUT2D eigenvalue weighted by atomic mass is 19.4. The summed E-state index contributed by atoms with van der Waals surface area (Å²) in [7, 11) is 0. The largest absolute Gasteiger partial charge is 0.481 e. The van der Waals surface area contributed by atoms with Gasteiger partial charge in [-0.15, -0.1) is 0 Å². The molecule has 2 rings (SSSR count). The molecule has 7 heteroatoms. The van der Waals surface area contributed by atoms with E-state index in [4.69, 9.17) is 5.11 Å². The Bertz CT molecular complexity index is 447. The number of carbonyl (C=O) groups is 2. The summed E-state index contributed by atoms with van der Waals surface area (Å²) >= 11 is 0. The Labute approximate surface area is 121 Å². The summed E-state index contributed by atoms with van der Waals surface area (Å²) in [6.07, 6.45) is -2.87. The summed E-state index contributed by atoms with van der Waals surface area (Å²) < 4.78 is 38.9. The maximum absolute atomic E-state index is 13.0. The highest BCUT2D eigenvalue weighted by molar-refractivity contribution is 5.91. The van der Waals surface area contributed by atoms with Crippen LogP contribution in [0.25, 0.3) is 0 Å². The van der Waals surface area contributed by atoms with Crippen LogP contribution in [0.2, 0.25) is 0 Å². The molecule has 2 aliphatic rings. The number of nitrogens with one attached hydrogen (secondary N) is 1. The van der Waals surface area contributed by atoms with E-state index >= 15 is 0 Å². The monoisotopic (exact) mass is 307 g/mol. The minimum absolute atomic E-state index is 0.0187. The highest BCUT2D eigenvalue weighted by Crippen LogP contribution is 2.58. The molecule has 1 amide bonds. The topological polar surface area (TPSA) is 66.4 Å².